The Hall–Kier alpha value is -3.81. The van der Waals surface area contributed by atoms with E-state index in [1.807, 2.05) is 30.3 Å². The number of anilines is 1. The molecule has 0 saturated heterocycles. The molecule has 1 spiro atoms. The van der Waals surface area contributed by atoms with Crippen LogP contribution in [0.25, 0.3) is 0 Å². The molecule has 2 heterocycles. The van der Waals surface area contributed by atoms with E-state index >= 15 is 0 Å². The van der Waals surface area contributed by atoms with Gasteiger partial charge in [0.25, 0.3) is 5.91 Å². The molecule has 10 heteroatoms. The van der Waals surface area contributed by atoms with Crippen LogP contribution in [0.5, 0.6) is 0 Å². The zero-order valence-corrected chi connectivity index (χ0v) is 24.1. The van der Waals surface area contributed by atoms with E-state index in [0.29, 0.717) is 43.8 Å². The van der Waals surface area contributed by atoms with E-state index in [1.165, 1.54) is 4.90 Å². The van der Waals surface area contributed by atoms with Gasteiger partial charge in [0.1, 0.15) is 5.71 Å². The summed E-state index contributed by atoms with van der Waals surface area (Å²) in [5, 5.41) is 19.5. The molecule has 0 aromatic heterocycles. The fourth-order valence-corrected chi connectivity index (χ4v) is 6.42. The molecule has 0 radical (unpaired) electrons. The van der Waals surface area contributed by atoms with Gasteiger partial charge < -0.3 is 10.0 Å². The lowest BCUT2D eigenvalue weighted by atomic mass is 9.85. The number of nitrogens with zero attached hydrogens (tertiary/aromatic N) is 3. The molecule has 6 nitrogen and oxygen atoms in total. The number of carbonyl (C=O) groups is 1. The minimum atomic E-state index is -1.30. The summed E-state index contributed by atoms with van der Waals surface area (Å²) >= 11 is 26.1. The second-order valence-corrected chi connectivity index (χ2v) is 11.0. The molecule has 41 heavy (non-hydrogen) atoms. The molecule has 1 atom stereocenters. The van der Waals surface area contributed by atoms with Gasteiger partial charge in [0.15, 0.2) is 0 Å². The quantitative estimate of drug-likeness (QED) is 0.140. The van der Waals surface area contributed by atoms with Gasteiger partial charge in [0.05, 0.1) is 37.2 Å². The van der Waals surface area contributed by atoms with E-state index in [1.54, 1.807) is 66.7 Å². The predicted molar refractivity (Wildman–Crippen MR) is 163 cm³/mol. The Balaban J connectivity index is 1.58. The Morgan fingerprint density at radius 3 is 2.12 bits per heavy atom. The first kappa shape index (κ1) is 27.4. The van der Waals surface area contributed by atoms with E-state index in [0.717, 1.165) is 0 Å². The van der Waals surface area contributed by atoms with Crippen LogP contribution in [0.1, 0.15) is 33.5 Å². The normalized spacial score (nSPS) is 18.9. The molecule has 4 aromatic rings. The number of halogens is 4. The molecule has 204 valence electrons. The minimum Gasteiger partial charge on any atom is -0.410 e. The van der Waals surface area contributed by atoms with E-state index in [9.17, 15) is 10.0 Å². The van der Waals surface area contributed by atoms with Crippen molar-refractivity contribution in [3.63, 3.8) is 0 Å². The third-order valence-corrected chi connectivity index (χ3v) is 8.30. The van der Waals surface area contributed by atoms with Crippen molar-refractivity contribution in [3.8, 4) is 0 Å². The molecule has 1 amide bonds. The number of carbonyl (C=O) groups excluding carboxylic acids is 1. The van der Waals surface area contributed by atoms with Gasteiger partial charge in [-0.15, -0.1) is 0 Å². The lowest BCUT2D eigenvalue weighted by Crippen LogP contribution is -2.36. The van der Waals surface area contributed by atoms with Crippen molar-refractivity contribution >= 4 is 69.4 Å². The maximum Gasteiger partial charge on any atom is 0.262 e. The van der Waals surface area contributed by atoms with Gasteiger partial charge in [-0.25, -0.2) is 0 Å². The molecule has 0 unspecified atom stereocenters. The van der Waals surface area contributed by atoms with E-state index in [-0.39, 0.29) is 33.6 Å². The van der Waals surface area contributed by atoms with E-state index in [4.69, 9.17) is 51.2 Å². The van der Waals surface area contributed by atoms with Crippen LogP contribution in [0.15, 0.2) is 113 Å². The Morgan fingerprint density at radius 2 is 1.46 bits per heavy atom. The summed E-state index contributed by atoms with van der Waals surface area (Å²) in [6, 6.07) is 26.3. The Labute approximate surface area is 255 Å². The van der Waals surface area contributed by atoms with Crippen molar-refractivity contribution < 1.29 is 14.8 Å². The fraction of sp³-hybridized carbons (Fsp3) is 0.0645. The average Bonchev–Trinajstić information content (AvgIpc) is 3.52. The summed E-state index contributed by atoms with van der Waals surface area (Å²) < 4.78 is 0. The van der Waals surface area contributed by atoms with Crippen LogP contribution in [0.4, 0.5) is 5.69 Å². The summed E-state index contributed by atoms with van der Waals surface area (Å²) in [4.78, 5) is 22.0. The lowest BCUT2D eigenvalue weighted by molar-refractivity contribution is 0.0116. The molecule has 2 aliphatic heterocycles. The fourth-order valence-electron chi connectivity index (χ4n) is 5.21. The molecule has 4 aromatic carbocycles. The highest BCUT2D eigenvalue weighted by molar-refractivity contribution is 6.41. The summed E-state index contributed by atoms with van der Waals surface area (Å²) in [5.41, 5.74) is 2.09. The largest absolute Gasteiger partial charge is 0.410 e. The summed E-state index contributed by atoms with van der Waals surface area (Å²) in [5.74, 6) is -0.323. The number of oxime groups is 2. The second kappa shape index (κ2) is 10.9. The van der Waals surface area contributed by atoms with Gasteiger partial charge in [-0.1, -0.05) is 105 Å². The highest BCUT2D eigenvalue weighted by Crippen LogP contribution is 2.54. The first-order valence-corrected chi connectivity index (χ1v) is 13.9. The molecular weight excluding hydrogens is 604 g/mol. The predicted octanol–water partition coefficient (Wildman–Crippen LogP) is 8.74. The van der Waals surface area contributed by atoms with Crippen molar-refractivity contribution in [3.05, 3.63) is 145 Å². The van der Waals surface area contributed by atoms with Crippen molar-refractivity contribution in [2.24, 2.45) is 10.3 Å². The first-order valence-electron chi connectivity index (χ1n) is 12.4. The number of benzene rings is 4. The molecule has 6 rings (SSSR count). The van der Waals surface area contributed by atoms with Crippen molar-refractivity contribution in [1.29, 1.82) is 0 Å². The molecule has 1 N–H and O–H groups in total. The number of para-hydroxylation sites is 1. The smallest absolute Gasteiger partial charge is 0.262 e. The Bertz CT molecular complexity index is 1750. The topological polar surface area (TPSA) is 74.5 Å². The number of fused-ring (bicyclic) bond motifs is 2. The number of hydrogen-bond acceptors (Lipinski definition) is 5. The minimum absolute atomic E-state index is 0.0291. The third-order valence-electron chi connectivity index (χ3n) is 7.04. The van der Waals surface area contributed by atoms with E-state index < -0.39 is 5.60 Å². The van der Waals surface area contributed by atoms with Gasteiger partial charge in [0.2, 0.25) is 5.60 Å². The average molecular weight is 623 g/mol. The number of allylic oxidation sites excluding steroid dienone is 1. The lowest BCUT2D eigenvalue weighted by Gasteiger charge is -2.27. The first-order chi connectivity index (χ1) is 19.9. The van der Waals surface area contributed by atoms with Crippen LogP contribution >= 0.6 is 46.4 Å². The second-order valence-electron chi connectivity index (χ2n) is 9.36. The van der Waals surface area contributed by atoms with Crippen molar-refractivity contribution in [1.82, 2.24) is 0 Å². The Kier molecular flexibility index (Phi) is 7.26. The number of rotatable bonds is 4. The molecule has 0 saturated carbocycles. The Morgan fingerprint density at radius 1 is 0.854 bits per heavy atom. The van der Waals surface area contributed by atoms with Crippen molar-refractivity contribution in [2.45, 2.75) is 12.0 Å². The van der Waals surface area contributed by atoms with Gasteiger partial charge >= 0.3 is 0 Å². The summed E-state index contributed by atoms with van der Waals surface area (Å²) in [7, 11) is 0. The molecule has 0 fully saturated rings. The highest BCUT2D eigenvalue weighted by Gasteiger charge is 2.55. The van der Waals surface area contributed by atoms with Crippen LogP contribution in [-0.4, -0.2) is 22.5 Å². The van der Waals surface area contributed by atoms with Gasteiger partial charge in [-0.05, 0) is 48.5 Å². The van der Waals surface area contributed by atoms with Crippen LogP contribution in [0, 0.1) is 0 Å². The van der Waals surface area contributed by atoms with Crippen LogP contribution in [0.3, 0.4) is 0 Å². The molecule has 2 aliphatic rings. The van der Waals surface area contributed by atoms with Gasteiger partial charge in [-0.2, -0.15) is 0 Å². The maximum absolute atomic E-state index is 14.2. The van der Waals surface area contributed by atoms with Crippen LogP contribution < -0.4 is 4.90 Å². The monoisotopic (exact) mass is 621 g/mol. The molecular formula is C31H19Cl4N3O3. The number of hydrogen-bond donors (Lipinski definition) is 1. The molecule has 0 bridgehead atoms. The van der Waals surface area contributed by atoms with Crippen LogP contribution in [-0.2, 0) is 10.4 Å². The summed E-state index contributed by atoms with van der Waals surface area (Å²) in [6.07, 6.45) is 1.72. The summed E-state index contributed by atoms with van der Waals surface area (Å²) in [6.45, 7) is 0. The maximum atomic E-state index is 14.2. The van der Waals surface area contributed by atoms with Crippen molar-refractivity contribution in [2.75, 3.05) is 4.90 Å². The standard InChI is InChI=1S/C31H19Cl4N3O3/c32-20-11-6-12-21(33)28(20)24(36-40)16-27-31(17-25(37-41-31)29-22(34)13-7-14-23(29)35)19-10-4-5-15-26(19)38(27)30(39)18-8-2-1-3-9-18/h1-16,40H,17H2/b27-16+,36-24-/t31-/m0/s1. The third kappa shape index (κ3) is 4.57. The van der Waals surface area contributed by atoms with E-state index in [2.05, 4.69) is 10.3 Å². The number of amides is 1. The zero-order chi connectivity index (χ0) is 28.7. The molecule has 0 aliphatic carbocycles. The van der Waals surface area contributed by atoms with Crippen LogP contribution in [0.2, 0.25) is 20.1 Å². The SMILES string of the molecule is O=C(c1ccccc1)N1/C(=C/C(=N/O)c2c(Cl)cccc2Cl)[C@]2(CC(c3c(Cl)cccc3Cl)=NO2)c2ccccc21. The van der Waals surface area contributed by atoms with Gasteiger partial charge in [0, 0.05) is 28.7 Å². The van der Waals surface area contributed by atoms with Gasteiger partial charge in [-0.3, -0.25) is 9.69 Å². The zero-order valence-electron chi connectivity index (χ0n) is 21.1. The highest BCUT2D eigenvalue weighted by atomic mass is 35.5.